The zero-order valence-electron chi connectivity index (χ0n) is 14.8. The maximum atomic E-state index is 13.0. The van der Waals surface area contributed by atoms with Crippen LogP contribution in [0.5, 0.6) is 0 Å². The number of hydrogen-bond acceptors (Lipinski definition) is 3. The molecule has 1 fully saturated rings. The summed E-state index contributed by atoms with van der Waals surface area (Å²) in [6.07, 6.45) is 4.47. The van der Waals surface area contributed by atoms with Gasteiger partial charge in [-0.3, -0.25) is 4.79 Å². The fourth-order valence-electron chi connectivity index (χ4n) is 3.33. The standard InChI is InChI=1S/C21H26N2OS/c1-17(14-18-6-3-2-4-7-18)15-23(16-19-9-11-22-12-10-19)21(24)20-8-5-13-25-20/h2-8,13-14,19,22H,9-12,15-16H2,1H3. The molecule has 2 aromatic rings. The molecule has 1 aliphatic heterocycles. The molecule has 1 amide bonds. The number of amides is 1. The summed E-state index contributed by atoms with van der Waals surface area (Å²) in [6, 6.07) is 14.2. The number of nitrogens with zero attached hydrogens (tertiary/aromatic N) is 1. The zero-order chi connectivity index (χ0) is 17.5. The van der Waals surface area contributed by atoms with Crippen LogP contribution in [0.1, 0.15) is 35.0 Å². The van der Waals surface area contributed by atoms with Gasteiger partial charge < -0.3 is 10.2 Å². The molecule has 25 heavy (non-hydrogen) atoms. The average Bonchev–Trinajstić information content (AvgIpc) is 3.17. The van der Waals surface area contributed by atoms with Crippen LogP contribution in [0.3, 0.4) is 0 Å². The predicted octanol–water partition coefficient (Wildman–Crippen LogP) is 4.29. The maximum Gasteiger partial charge on any atom is 0.264 e. The first kappa shape index (κ1) is 17.9. The molecule has 1 aromatic carbocycles. The second-order valence-corrected chi connectivity index (χ2v) is 7.71. The van der Waals surface area contributed by atoms with Gasteiger partial charge in [-0.1, -0.05) is 48.0 Å². The smallest absolute Gasteiger partial charge is 0.264 e. The lowest BCUT2D eigenvalue weighted by molar-refractivity contribution is 0.0738. The Morgan fingerprint density at radius 3 is 2.64 bits per heavy atom. The Hall–Kier alpha value is -1.91. The van der Waals surface area contributed by atoms with Gasteiger partial charge in [-0.2, -0.15) is 0 Å². The number of thiophene rings is 1. The number of rotatable bonds is 6. The Labute approximate surface area is 154 Å². The molecular formula is C21H26N2OS. The summed E-state index contributed by atoms with van der Waals surface area (Å²) in [5.41, 5.74) is 2.40. The molecule has 1 aliphatic rings. The van der Waals surface area contributed by atoms with Crippen molar-refractivity contribution in [2.75, 3.05) is 26.2 Å². The van der Waals surface area contributed by atoms with Crippen molar-refractivity contribution in [2.45, 2.75) is 19.8 Å². The van der Waals surface area contributed by atoms with Gasteiger partial charge in [0.2, 0.25) is 0 Å². The van der Waals surface area contributed by atoms with Crippen LogP contribution in [0.15, 0.2) is 53.4 Å². The lowest BCUT2D eigenvalue weighted by Gasteiger charge is -2.30. The molecular weight excluding hydrogens is 328 g/mol. The van der Waals surface area contributed by atoms with Crippen LogP contribution >= 0.6 is 11.3 Å². The van der Waals surface area contributed by atoms with E-state index >= 15 is 0 Å². The van der Waals surface area contributed by atoms with Crippen molar-refractivity contribution >= 4 is 23.3 Å². The molecule has 0 aliphatic carbocycles. The average molecular weight is 355 g/mol. The Morgan fingerprint density at radius 2 is 1.96 bits per heavy atom. The van der Waals surface area contributed by atoms with Crippen molar-refractivity contribution in [3.05, 3.63) is 63.9 Å². The first-order valence-corrected chi connectivity index (χ1v) is 9.86. The van der Waals surface area contributed by atoms with E-state index in [4.69, 9.17) is 0 Å². The van der Waals surface area contributed by atoms with Gasteiger partial charge in [0.25, 0.3) is 5.91 Å². The number of carbonyl (C=O) groups is 1. The lowest BCUT2D eigenvalue weighted by Crippen LogP contribution is -2.40. The van der Waals surface area contributed by atoms with Crippen LogP contribution < -0.4 is 5.32 Å². The van der Waals surface area contributed by atoms with Crippen LogP contribution in [-0.2, 0) is 0 Å². The van der Waals surface area contributed by atoms with Crippen molar-refractivity contribution < 1.29 is 4.79 Å². The number of piperidine rings is 1. The largest absolute Gasteiger partial charge is 0.334 e. The second-order valence-electron chi connectivity index (χ2n) is 6.76. The molecule has 0 spiro atoms. The topological polar surface area (TPSA) is 32.3 Å². The van der Waals surface area contributed by atoms with Crippen LogP contribution in [0.2, 0.25) is 0 Å². The SMILES string of the molecule is CC(=Cc1ccccc1)CN(CC1CCNCC1)C(=O)c1cccs1. The van der Waals surface area contributed by atoms with Crippen molar-refractivity contribution in [1.29, 1.82) is 0 Å². The Kier molecular flexibility index (Phi) is 6.42. The van der Waals surface area contributed by atoms with Crippen molar-refractivity contribution in [3.8, 4) is 0 Å². The van der Waals surface area contributed by atoms with Crippen LogP contribution in [-0.4, -0.2) is 37.0 Å². The van der Waals surface area contributed by atoms with E-state index in [0.29, 0.717) is 12.5 Å². The number of hydrogen-bond donors (Lipinski definition) is 1. The fourth-order valence-corrected chi connectivity index (χ4v) is 4.02. The molecule has 132 valence electrons. The minimum Gasteiger partial charge on any atom is -0.334 e. The summed E-state index contributed by atoms with van der Waals surface area (Å²) >= 11 is 1.53. The van der Waals surface area contributed by atoms with E-state index in [1.54, 1.807) is 0 Å². The molecule has 1 saturated heterocycles. The first-order chi connectivity index (χ1) is 12.2. The predicted molar refractivity (Wildman–Crippen MR) is 106 cm³/mol. The molecule has 1 N–H and O–H groups in total. The van der Waals surface area contributed by atoms with Crippen molar-refractivity contribution in [2.24, 2.45) is 5.92 Å². The highest BCUT2D eigenvalue weighted by molar-refractivity contribution is 7.12. The summed E-state index contributed by atoms with van der Waals surface area (Å²) in [5, 5.41) is 5.38. The van der Waals surface area contributed by atoms with E-state index in [9.17, 15) is 4.79 Å². The third kappa shape index (κ3) is 5.28. The van der Waals surface area contributed by atoms with Gasteiger partial charge in [-0.25, -0.2) is 0 Å². The number of benzene rings is 1. The molecule has 0 unspecified atom stereocenters. The Morgan fingerprint density at radius 1 is 1.20 bits per heavy atom. The van der Waals surface area contributed by atoms with E-state index in [-0.39, 0.29) is 5.91 Å². The van der Waals surface area contributed by atoms with Gasteiger partial charge in [-0.15, -0.1) is 11.3 Å². The molecule has 3 nitrogen and oxygen atoms in total. The summed E-state index contributed by atoms with van der Waals surface area (Å²) in [4.78, 5) is 15.8. The molecule has 1 aromatic heterocycles. The third-order valence-corrected chi connectivity index (χ3v) is 5.47. The van der Waals surface area contributed by atoms with E-state index in [0.717, 1.165) is 37.4 Å². The molecule has 3 rings (SSSR count). The van der Waals surface area contributed by atoms with E-state index in [1.807, 2.05) is 40.6 Å². The highest BCUT2D eigenvalue weighted by atomic mass is 32.1. The van der Waals surface area contributed by atoms with Gasteiger partial charge in [-0.05, 0) is 55.8 Å². The van der Waals surface area contributed by atoms with E-state index in [1.165, 1.54) is 22.5 Å². The molecule has 0 bridgehead atoms. The van der Waals surface area contributed by atoms with Gasteiger partial charge in [0.15, 0.2) is 0 Å². The second kappa shape index (κ2) is 8.97. The highest BCUT2D eigenvalue weighted by Crippen LogP contribution is 2.19. The Bertz CT molecular complexity index is 688. The molecule has 0 atom stereocenters. The monoisotopic (exact) mass is 354 g/mol. The minimum absolute atomic E-state index is 0.161. The third-order valence-electron chi connectivity index (χ3n) is 4.61. The molecule has 0 radical (unpaired) electrons. The summed E-state index contributed by atoms with van der Waals surface area (Å²) in [5.74, 6) is 0.754. The van der Waals surface area contributed by atoms with Crippen LogP contribution in [0.25, 0.3) is 6.08 Å². The quantitative estimate of drug-likeness (QED) is 0.839. The summed E-state index contributed by atoms with van der Waals surface area (Å²) < 4.78 is 0. The van der Waals surface area contributed by atoms with Gasteiger partial charge >= 0.3 is 0 Å². The van der Waals surface area contributed by atoms with E-state index in [2.05, 4.69) is 30.4 Å². The van der Waals surface area contributed by atoms with Gasteiger partial charge in [0.05, 0.1) is 4.88 Å². The minimum atomic E-state index is 0.161. The van der Waals surface area contributed by atoms with Gasteiger partial charge in [0.1, 0.15) is 0 Å². The van der Waals surface area contributed by atoms with E-state index < -0.39 is 0 Å². The summed E-state index contributed by atoms with van der Waals surface area (Å²) in [6.45, 7) is 5.77. The fraction of sp³-hybridized carbons (Fsp3) is 0.381. The highest BCUT2D eigenvalue weighted by Gasteiger charge is 2.22. The summed E-state index contributed by atoms with van der Waals surface area (Å²) in [7, 11) is 0. The number of nitrogens with one attached hydrogen (secondary N) is 1. The maximum absolute atomic E-state index is 13.0. The number of carbonyl (C=O) groups excluding carboxylic acids is 1. The molecule has 4 heteroatoms. The van der Waals surface area contributed by atoms with Gasteiger partial charge in [0, 0.05) is 13.1 Å². The Balaban J connectivity index is 1.73. The molecule has 2 heterocycles. The van der Waals surface area contributed by atoms with Crippen LogP contribution in [0, 0.1) is 5.92 Å². The van der Waals surface area contributed by atoms with Crippen molar-refractivity contribution in [1.82, 2.24) is 10.2 Å². The van der Waals surface area contributed by atoms with Crippen molar-refractivity contribution in [3.63, 3.8) is 0 Å². The normalized spacial score (nSPS) is 16.0. The zero-order valence-corrected chi connectivity index (χ0v) is 15.6. The lowest BCUT2D eigenvalue weighted by atomic mass is 9.97. The molecule has 0 saturated carbocycles. The van der Waals surface area contributed by atoms with Crippen LogP contribution in [0.4, 0.5) is 0 Å². The first-order valence-electron chi connectivity index (χ1n) is 8.98.